The third kappa shape index (κ3) is 5.14. The lowest BCUT2D eigenvalue weighted by Gasteiger charge is -2.32. The summed E-state index contributed by atoms with van der Waals surface area (Å²) in [5.41, 5.74) is 1.62. The summed E-state index contributed by atoms with van der Waals surface area (Å²) < 4.78 is 50.5. The SMILES string of the molecule is CC(C)(C)Cc1ncc(C2Oc3cc(B4OC(C)(C)C(C)(C)O4)cc(F)c3-c3cc4cc(B5OC(C)(C)C(C)(C)O5)ccc4n32)s1. The minimum atomic E-state index is -0.719. The second-order valence-corrected chi connectivity index (χ2v) is 17.3. The van der Waals surface area contributed by atoms with E-state index in [9.17, 15) is 0 Å². The number of hydrogen-bond donors (Lipinski definition) is 0. The van der Waals surface area contributed by atoms with Crippen molar-refractivity contribution in [3.05, 3.63) is 58.3 Å². The minimum absolute atomic E-state index is 0.0885. The lowest BCUT2D eigenvalue weighted by Crippen LogP contribution is -2.41. The molecule has 2 fully saturated rings. The van der Waals surface area contributed by atoms with Crippen molar-refractivity contribution < 1.29 is 27.7 Å². The molecule has 2 aromatic carbocycles. The van der Waals surface area contributed by atoms with Gasteiger partial charge < -0.3 is 23.4 Å². The molecular formula is C35H43B2FN2O5S. The van der Waals surface area contributed by atoms with Crippen molar-refractivity contribution in [2.75, 3.05) is 0 Å². The normalized spacial score (nSPS) is 22.7. The molecule has 0 amide bonds. The predicted octanol–water partition coefficient (Wildman–Crippen LogP) is 7.03. The minimum Gasteiger partial charge on any atom is -0.464 e. The molecule has 2 saturated heterocycles. The Morgan fingerprint density at radius 3 is 2.00 bits per heavy atom. The number of fused-ring (bicyclic) bond motifs is 5. The summed E-state index contributed by atoms with van der Waals surface area (Å²) in [6.07, 6.45) is 2.20. The van der Waals surface area contributed by atoms with Crippen LogP contribution in [0.2, 0.25) is 0 Å². The number of rotatable bonds is 4. The molecular weight excluding hydrogens is 601 g/mol. The highest BCUT2D eigenvalue weighted by atomic mass is 32.1. The highest BCUT2D eigenvalue weighted by Gasteiger charge is 2.53. The van der Waals surface area contributed by atoms with Gasteiger partial charge in [-0.25, -0.2) is 9.37 Å². The van der Waals surface area contributed by atoms with E-state index in [2.05, 4.69) is 31.4 Å². The van der Waals surface area contributed by atoms with Crippen LogP contribution in [0, 0.1) is 11.2 Å². The van der Waals surface area contributed by atoms with Crippen LogP contribution >= 0.6 is 11.3 Å². The largest absolute Gasteiger partial charge is 0.495 e. The number of hydrogen-bond acceptors (Lipinski definition) is 7. The summed E-state index contributed by atoms with van der Waals surface area (Å²) in [6, 6.07) is 11.6. The van der Waals surface area contributed by atoms with Gasteiger partial charge in [0.15, 0.2) is 0 Å². The summed E-state index contributed by atoms with van der Waals surface area (Å²) in [6.45, 7) is 22.8. The molecule has 242 valence electrons. The van der Waals surface area contributed by atoms with Crippen LogP contribution in [0.1, 0.15) is 92.3 Å². The first kappa shape index (κ1) is 31.9. The van der Waals surface area contributed by atoms with Crippen molar-refractivity contribution in [2.45, 2.75) is 111 Å². The van der Waals surface area contributed by atoms with Crippen molar-refractivity contribution >= 4 is 47.4 Å². The molecule has 11 heteroatoms. The molecule has 0 bridgehead atoms. The van der Waals surface area contributed by atoms with Crippen LogP contribution in [0.4, 0.5) is 4.39 Å². The van der Waals surface area contributed by atoms with Crippen LogP contribution in [-0.2, 0) is 25.0 Å². The van der Waals surface area contributed by atoms with Crippen LogP contribution in [0.3, 0.4) is 0 Å². The van der Waals surface area contributed by atoms with E-state index in [1.807, 2.05) is 85.9 Å². The lowest BCUT2D eigenvalue weighted by molar-refractivity contribution is 0.00578. The van der Waals surface area contributed by atoms with Gasteiger partial charge in [-0.2, -0.15) is 0 Å². The fourth-order valence-corrected chi connectivity index (χ4v) is 7.46. The molecule has 0 spiro atoms. The molecule has 1 atom stereocenters. The molecule has 46 heavy (non-hydrogen) atoms. The zero-order valence-electron chi connectivity index (χ0n) is 28.7. The fraction of sp³-hybridized carbons (Fsp3) is 0.514. The number of aromatic nitrogens is 2. The Labute approximate surface area is 276 Å². The average molecular weight is 644 g/mol. The van der Waals surface area contributed by atoms with Gasteiger partial charge in [-0.1, -0.05) is 32.9 Å². The van der Waals surface area contributed by atoms with E-state index in [1.54, 1.807) is 11.3 Å². The highest BCUT2D eigenvalue weighted by Crippen LogP contribution is 2.47. The van der Waals surface area contributed by atoms with Gasteiger partial charge >= 0.3 is 14.2 Å². The van der Waals surface area contributed by atoms with Gasteiger partial charge in [-0.15, -0.1) is 11.3 Å². The second-order valence-electron chi connectivity index (χ2n) is 16.1. The molecule has 3 aliphatic rings. The molecule has 7 rings (SSSR count). The van der Waals surface area contributed by atoms with Crippen LogP contribution in [0.15, 0.2) is 42.6 Å². The van der Waals surface area contributed by atoms with E-state index in [1.165, 1.54) is 6.07 Å². The number of ether oxygens (including phenoxy) is 1. The maximum Gasteiger partial charge on any atom is 0.495 e. The van der Waals surface area contributed by atoms with Gasteiger partial charge in [-0.05, 0) is 96.0 Å². The first-order chi connectivity index (χ1) is 21.3. The van der Waals surface area contributed by atoms with Crippen LogP contribution in [0.25, 0.3) is 22.2 Å². The lowest BCUT2D eigenvalue weighted by atomic mass is 9.78. The standard InChI is InChI=1S/C35H43B2FN2O5S/c1-31(2,3)18-28-39-19-27(46-28)30-40-24-13-12-21(36-42-32(4,5)33(6,7)43-36)14-20(24)15-25(40)29-23(38)16-22(17-26(29)41-30)37-44-34(8,9)35(10,11)45-37/h12-17,19,30H,18H2,1-11H3. The number of nitrogens with zero attached hydrogens (tertiary/aromatic N) is 2. The quantitative estimate of drug-likeness (QED) is 0.223. The molecule has 7 nitrogen and oxygen atoms in total. The molecule has 3 aliphatic heterocycles. The van der Waals surface area contributed by atoms with Crippen molar-refractivity contribution in [1.82, 2.24) is 9.55 Å². The van der Waals surface area contributed by atoms with Crippen molar-refractivity contribution in [1.29, 1.82) is 0 Å². The average Bonchev–Trinajstić information content (AvgIpc) is 3.63. The molecule has 1 unspecified atom stereocenters. The Kier molecular flexibility index (Phi) is 7.04. The van der Waals surface area contributed by atoms with Gasteiger partial charge in [0.05, 0.1) is 49.1 Å². The molecule has 4 aromatic rings. The van der Waals surface area contributed by atoms with Gasteiger partial charge in [0.1, 0.15) is 11.6 Å². The smallest absolute Gasteiger partial charge is 0.464 e. The Hall–Kier alpha value is -2.69. The Morgan fingerprint density at radius 1 is 0.826 bits per heavy atom. The van der Waals surface area contributed by atoms with Gasteiger partial charge in [0.25, 0.3) is 0 Å². The van der Waals surface area contributed by atoms with Crippen LogP contribution in [0.5, 0.6) is 5.75 Å². The fourth-order valence-electron chi connectivity index (χ4n) is 6.22. The third-order valence-corrected chi connectivity index (χ3v) is 11.2. The molecule has 0 N–H and O–H groups in total. The molecule has 2 aromatic heterocycles. The maximum atomic E-state index is 16.3. The molecule has 5 heterocycles. The first-order valence-corrected chi connectivity index (χ1v) is 16.9. The predicted molar refractivity (Wildman–Crippen MR) is 183 cm³/mol. The number of halogens is 1. The summed E-state index contributed by atoms with van der Waals surface area (Å²) >= 11 is 1.63. The zero-order chi connectivity index (χ0) is 33.2. The second kappa shape index (κ2) is 10.2. The van der Waals surface area contributed by atoms with E-state index < -0.39 is 48.7 Å². The summed E-state index contributed by atoms with van der Waals surface area (Å²) in [5, 5.41) is 1.98. The van der Waals surface area contributed by atoms with Gasteiger partial charge in [0, 0.05) is 18.0 Å². The number of benzene rings is 2. The van der Waals surface area contributed by atoms with Crippen LogP contribution < -0.4 is 15.7 Å². The third-order valence-electron chi connectivity index (χ3n) is 10.2. The first-order valence-electron chi connectivity index (χ1n) is 16.1. The summed E-state index contributed by atoms with van der Waals surface area (Å²) in [5.74, 6) is 0.0515. The Morgan fingerprint density at radius 2 is 1.41 bits per heavy atom. The van der Waals surface area contributed by atoms with E-state index in [0.717, 1.165) is 38.4 Å². The number of thiazole rings is 1. The Balaban J connectivity index is 1.35. The van der Waals surface area contributed by atoms with E-state index in [4.69, 9.17) is 28.3 Å². The molecule has 0 saturated carbocycles. The van der Waals surface area contributed by atoms with Crippen molar-refractivity contribution in [3.8, 4) is 17.0 Å². The Bertz CT molecular complexity index is 1830. The van der Waals surface area contributed by atoms with E-state index in [-0.39, 0.29) is 5.41 Å². The maximum absolute atomic E-state index is 16.3. The topological polar surface area (TPSA) is 64.0 Å². The van der Waals surface area contributed by atoms with Gasteiger partial charge in [-0.3, -0.25) is 4.57 Å². The molecule has 0 aliphatic carbocycles. The summed E-state index contributed by atoms with van der Waals surface area (Å²) in [4.78, 5) is 5.72. The van der Waals surface area contributed by atoms with Gasteiger partial charge in [0.2, 0.25) is 6.23 Å². The zero-order valence-corrected chi connectivity index (χ0v) is 29.5. The highest BCUT2D eigenvalue weighted by molar-refractivity contribution is 7.11. The monoisotopic (exact) mass is 644 g/mol. The van der Waals surface area contributed by atoms with E-state index in [0.29, 0.717) is 16.8 Å². The summed E-state index contributed by atoms with van der Waals surface area (Å²) in [7, 11) is -1.23. The van der Waals surface area contributed by atoms with Crippen molar-refractivity contribution in [2.24, 2.45) is 5.41 Å². The van der Waals surface area contributed by atoms with Crippen LogP contribution in [-0.4, -0.2) is 46.2 Å². The van der Waals surface area contributed by atoms with E-state index >= 15 is 4.39 Å². The van der Waals surface area contributed by atoms with Crippen molar-refractivity contribution in [3.63, 3.8) is 0 Å². The molecule has 0 radical (unpaired) electrons.